The summed E-state index contributed by atoms with van der Waals surface area (Å²) in [7, 11) is 1.45. The molecule has 0 spiro atoms. The third-order valence-corrected chi connectivity index (χ3v) is 3.68. The van der Waals surface area contributed by atoms with Gasteiger partial charge in [0.05, 0.1) is 12.8 Å². The van der Waals surface area contributed by atoms with Crippen LogP contribution >= 0.6 is 11.6 Å². The third kappa shape index (κ3) is 4.12. The SMILES string of the molecule is COc1cc(Cl)c(C)cc1NC(=O)/C(C#N)=C/c1ccc(F)cc1. The van der Waals surface area contributed by atoms with Crippen LogP contribution in [0.5, 0.6) is 5.75 Å². The van der Waals surface area contributed by atoms with Crippen LogP contribution in [-0.2, 0) is 4.79 Å². The molecule has 1 amide bonds. The lowest BCUT2D eigenvalue weighted by Gasteiger charge is -2.12. The van der Waals surface area contributed by atoms with E-state index in [4.69, 9.17) is 16.3 Å². The summed E-state index contributed by atoms with van der Waals surface area (Å²) in [6.07, 6.45) is 1.38. The number of anilines is 1. The Hall–Kier alpha value is -2.84. The van der Waals surface area contributed by atoms with E-state index in [1.165, 1.54) is 37.5 Å². The first kappa shape index (κ1) is 17.5. The molecule has 0 heterocycles. The zero-order chi connectivity index (χ0) is 17.7. The van der Waals surface area contributed by atoms with Crippen LogP contribution in [0.1, 0.15) is 11.1 Å². The van der Waals surface area contributed by atoms with Gasteiger partial charge in [0.2, 0.25) is 0 Å². The van der Waals surface area contributed by atoms with Crippen molar-refractivity contribution < 1.29 is 13.9 Å². The number of aryl methyl sites for hydroxylation is 1. The molecule has 0 bridgehead atoms. The van der Waals surface area contributed by atoms with Crippen LogP contribution in [0.4, 0.5) is 10.1 Å². The summed E-state index contributed by atoms with van der Waals surface area (Å²) in [6, 6.07) is 10.5. The van der Waals surface area contributed by atoms with Gasteiger partial charge in [0.25, 0.3) is 5.91 Å². The van der Waals surface area contributed by atoms with Gasteiger partial charge in [0.15, 0.2) is 0 Å². The predicted molar refractivity (Wildman–Crippen MR) is 91.4 cm³/mol. The van der Waals surface area contributed by atoms with Gasteiger partial charge in [0, 0.05) is 11.1 Å². The molecule has 24 heavy (non-hydrogen) atoms. The number of methoxy groups -OCH3 is 1. The molecule has 0 radical (unpaired) electrons. The van der Waals surface area contributed by atoms with Gasteiger partial charge >= 0.3 is 0 Å². The van der Waals surface area contributed by atoms with E-state index in [2.05, 4.69) is 5.32 Å². The second-order valence-electron chi connectivity index (χ2n) is 4.98. The maximum absolute atomic E-state index is 12.9. The molecule has 2 rings (SSSR count). The van der Waals surface area contributed by atoms with Crippen LogP contribution in [0, 0.1) is 24.1 Å². The third-order valence-electron chi connectivity index (χ3n) is 3.28. The first-order valence-corrected chi connectivity index (χ1v) is 7.35. The fourth-order valence-corrected chi connectivity index (χ4v) is 2.15. The molecule has 0 aliphatic rings. The highest BCUT2D eigenvalue weighted by Gasteiger charge is 2.14. The fraction of sp³-hybridized carbons (Fsp3) is 0.111. The Kier molecular flexibility index (Phi) is 5.56. The number of hydrogen-bond acceptors (Lipinski definition) is 3. The molecule has 0 saturated carbocycles. The van der Waals surface area contributed by atoms with E-state index in [-0.39, 0.29) is 5.57 Å². The van der Waals surface area contributed by atoms with Gasteiger partial charge in [-0.1, -0.05) is 23.7 Å². The summed E-state index contributed by atoms with van der Waals surface area (Å²) in [6.45, 7) is 1.79. The highest BCUT2D eigenvalue weighted by molar-refractivity contribution is 6.31. The number of carbonyl (C=O) groups excluding carboxylic acids is 1. The molecule has 6 heteroatoms. The van der Waals surface area contributed by atoms with Crippen molar-refractivity contribution in [3.05, 3.63) is 63.9 Å². The Bertz CT molecular complexity index is 839. The minimum Gasteiger partial charge on any atom is -0.495 e. The maximum atomic E-state index is 12.9. The molecule has 0 fully saturated rings. The van der Waals surface area contributed by atoms with Crippen LogP contribution in [0.3, 0.4) is 0 Å². The van der Waals surface area contributed by atoms with E-state index in [1.807, 2.05) is 6.07 Å². The van der Waals surface area contributed by atoms with Crippen molar-refractivity contribution in [1.29, 1.82) is 5.26 Å². The Morgan fingerprint density at radius 1 is 1.33 bits per heavy atom. The lowest BCUT2D eigenvalue weighted by atomic mass is 10.1. The van der Waals surface area contributed by atoms with Gasteiger partial charge < -0.3 is 10.1 Å². The molecule has 0 aliphatic carbocycles. The monoisotopic (exact) mass is 344 g/mol. The van der Waals surface area contributed by atoms with Gasteiger partial charge in [-0.2, -0.15) is 5.26 Å². The number of ether oxygens (including phenoxy) is 1. The Morgan fingerprint density at radius 2 is 2.00 bits per heavy atom. The van der Waals surface area contributed by atoms with Gasteiger partial charge in [-0.05, 0) is 42.3 Å². The molecule has 1 N–H and O–H groups in total. The number of hydrogen-bond donors (Lipinski definition) is 1. The molecule has 2 aromatic rings. The molecule has 2 aromatic carbocycles. The van der Waals surface area contributed by atoms with E-state index >= 15 is 0 Å². The fourth-order valence-electron chi connectivity index (χ4n) is 1.99. The summed E-state index contributed by atoms with van der Waals surface area (Å²) in [5, 5.41) is 12.3. The van der Waals surface area contributed by atoms with E-state index in [0.717, 1.165) is 5.56 Å². The molecule has 0 unspecified atom stereocenters. The minimum atomic E-state index is -0.596. The number of rotatable bonds is 4. The second kappa shape index (κ2) is 7.62. The molecule has 0 atom stereocenters. The number of nitrogens with one attached hydrogen (secondary N) is 1. The van der Waals surface area contributed by atoms with Crippen molar-refractivity contribution in [1.82, 2.24) is 0 Å². The van der Waals surface area contributed by atoms with Gasteiger partial charge in [-0.15, -0.1) is 0 Å². The quantitative estimate of drug-likeness (QED) is 0.662. The summed E-state index contributed by atoms with van der Waals surface area (Å²) >= 11 is 6.02. The number of nitriles is 1. The second-order valence-corrected chi connectivity index (χ2v) is 5.38. The van der Waals surface area contributed by atoms with Crippen molar-refractivity contribution in [2.45, 2.75) is 6.92 Å². The number of carbonyl (C=O) groups is 1. The number of benzene rings is 2. The number of nitrogens with zero attached hydrogens (tertiary/aromatic N) is 1. The highest BCUT2D eigenvalue weighted by atomic mass is 35.5. The molecule has 122 valence electrons. The normalized spacial score (nSPS) is 10.9. The minimum absolute atomic E-state index is 0.115. The molecule has 0 saturated heterocycles. The van der Waals surface area contributed by atoms with Gasteiger partial charge in [0.1, 0.15) is 23.2 Å². The van der Waals surface area contributed by atoms with Crippen molar-refractivity contribution in [2.24, 2.45) is 0 Å². The van der Waals surface area contributed by atoms with Crippen LogP contribution in [0.25, 0.3) is 6.08 Å². The summed E-state index contributed by atoms with van der Waals surface area (Å²) in [5.41, 5.74) is 1.59. The molecule has 0 aromatic heterocycles. The van der Waals surface area contributed by atoms with Crippen molar-refractivity contribution in [3.8, 4) is 11.8 Å². The topological polar surface area (TPSA) is 62.1 Å². The first-order chi connectivity index (χ1) is 11.4. The molecule has 4 nitrogen and oxygen atoms in total. The van der Waals surface area contributed by atoms with Crippen molar-refractivity contribution in [3.63, 3.8) is 0 Å². The number of amides is 1. The van der Waals surface area contributed by atoms with Crippen LogP contribution in [0.2, 0.25) is 5.02 Å². The molecular formula is C18H14ClFN2O2. The lowest BCUT2D eigenvalue weighted by Crippen LogP contribution is -2.14. The van der Waals surface area contributed by atoms with Crippen molar-refractivity contribution >= 4 is 29.3 Å². The van der Waals surface area contributed by atoms with E-state index in [9.17, 15) is 14.4 Å². The van der Waals surface area contributed by atoms with Crippen LogP contribution in [-0.4, -0.2) is 13.0 Å². The summed E-state index contributed by atoms with van der Waals surface area (Å²) < 4.78 is 18.1. The van der Waals surface area contributed by atoms with Gasteiger partial charge in [-0.3, -0.25) is 4.79 Å². The zero-order valence-corrected chi connectivity index (χ0v) is 13.8. The average Bonchev–Trinajstić information content (AvgIpc) is 2.57. The van der Waals surface area contributed by atoms with Gasteiger partial charge in [-0.25, -0.2) is 4.39 Å². The Morgan fingerprint density at radius 3 is 2.58 bits per heavy atom. The largest absolute Gasteiger partial charge is 0.495 e. The molecular weight excluding hydrogens is 331 g/mol. The predicted octanol–water partition coefficient (Wildman–Crippen LogP) is 4.34. The van der Waals surface area contributed by atoms with Crippen molar-refractivity contribution in [2.75, 3.05) is 12.4 Å². The lowest BCUT2D eigenvalue weighted by molar-refractivity contribution is -0.112. The Labute approximate surface area is 144 Å². The average molecular weight is 345 g/mol. The van der Waals surface area contributed by atoms with E-state index < -0.39 is 11.7 Å². The van der Waals surface area contributed by atoms with E-state index in [1.54, 1.807) is 19.1 Å². The van der Waals surface area contributed by atoms with Crippen LogP contribution in [0.15, 0.2) is 42.0 Å². The van der Waals surface area contributed by atoms with Crippen LogP contribution < -0.4 is 10.1 Å². The maximum Gasteiger partial charge on any atom is 0.266 e. The van der Waals surface area contributed by atoms with E-state index in [0.29, 0.717) is 22.0 Å². The smallest absolute Gasteiger partial charge is 0.266 e. The zero-order valence-electron chi connectivity index (χ0n) is 13.1. The first-order valence-electron chi connectivity index (χ1n) is 6.97. The standard InChI is InChI=1S/C18H14ClFN2O2/c1-11-7-16(17(24-2)9-15(11)19)22-18(23)13(10-21)8-12-3-5-14(20)6-4-12/h3-9H,1-2H3,(H,22,23)/b13-8+. The number of halogens is 2. The molecule has 0 aliphatic heterocycles. The Balaban J connectivity index is 2.29. The highest BCUT2D eigenvalue weighted by Crippen LogP contribution is 2.31. The summed E-state index contributed by atoms with van der Waals surface area (Å²) in [5.74, 6) is -0.601. The summed E-state index contributed by atoms with van der Waals surface area (Å²) in [4.78, 5) is 12.3.